The predicted octanol–water partition coefficient (Wildman–Crippen LogP) is 2.72. The minimum absolute atomic E-state index is 0.800. The number of hydrogen-bond acceptors (Lipinski definition) is 3. The predicted molar refractivity (Wildman–Crippen MR) is 76.3 cm³/mol. The van der Waals surface area contributed by atoms with Gasteiger partial charge in [0.15, 0.2) is 0 Å². The molecule has 102 valence electrons. The fourth-order valence-electron chi connectivity index (χ4n) is 2.40. The molecule has 4 heteroatoms. The highest BCUT2D eigenvalue weighted by Gasteiger charge is 2.18. The molecule has 0 atom stereocenters. The van der Waals surface area contributed by atoms with E-state index in [9.17, 15) is 4.79 Å². The van der Waals surface area contributed by atoms with Gasteiger partial charge in [0.25, 0.3) is 0 Å². The van der Waals surface area contributed by atoms with Crippen LogP contribution in [0.15, 0.2) is 18.3 Å². The maximum Gasteiger partial charge on any atom is 0.328 e. The molecule has 0 aliphatic carbocycles. The third-order valence-corrected chi connectivity index (χ3v) is 3.57. The van der Waals surface area contributed by atoms with E-state index in [1.54, 1.807) is 12.3 Å². The number of pyridine rings is 1. The molecule has 1 fully saturated rings. The minimum Gasteiger partial charge on any atom is -0.478 e. The number of aryl methyl sites for hydroxylation is 1. The Balaban J connectivity index is 2.13. The van der Waals surface area contributed by atoms with Gasteiger partial charge in [-0.15, -0.1) is 0 Å². The van der Waals surface area contributed by atoms with Crippen LogP contribution >= 0.6 is 0 Å². The van der Waals surface area contributed by atoms with Crippen molar-refractivity contribution < 1.29 is 9.90 Å². The molecule has 2 rings (SSSR count). The number of aliphatic carboxylic acids is 1. The van der Waals surface area contributed by atoms with E-state index in [1.165, 1.54) is 12.8 Å². The SMILES string of the molecule is Cc1cc(/C=C/C(=O)O)cnc1N1CCC(C)CC1. The molecule has 4 nitrogen and oxygen atoms in total. The zero-order valence-electron chi connectivity index (χ0n) is 11.5. The summed E-state index contributed by atoms with van der Waals surface area (Å²) in [5.41, 5.74) is 1.93. The number of anilines is 1. The first-order valence-electron chi connectivity index (χ1n) is 6.69. The Morgan fingerprint density at radius 3 is 2.74 bits per heavy atom. The molecule has 1 saturated heterocycles. The van der Waals surface area contributed by atoms with E-state index in [2.05, 4.69) is 16.8 Å². The van der Waals surface area contributed by atoms with Crippen LogP contribution in [0.5, 0.6) is 0 Å². The van der Waals surface area contributed by atoms with Crippen molar-refractivity contribution in [2.24, 2.45) is 5.92 Å². The van der Waals surface area contributed by atoms with Gasteiger partial charge in [-0.25, -0.2) is 9.78 Å². The molecule has 0 saturated carbocycles. The van der Waals surface area contributed by atoms with Gasteiger partial charge in [0.1, 0.15) is 5.82 Å². The fraction of sp³-hybridized carbons (Fsp3) is 0.467. The smallest absolute Gasteiger partial charge is 0.328 e. The summed E-state index contributed by atoms with van der Waals surface area (Å²) in [4.78, 5) is 17.3. The van der Waals surface area contributed by atoms with Crippen LogP contribution in [0.2, 0.25) is 0 Å². The first kappa shape index (κ1) is 13.6. The van der Waals surface area contributed by atoms with Gasteiger partial charge in [-0.1, -0.05) is 6.92 Å². The van der Waals surface area contributed by atoms with Gasteiger partial charge in [-0.2, -0.15) is 0 Å². The lowest BCUT2D eigenvalue weighted by Crippen LogP contribution is -2.33. The summed E-state index contributed by atoms with van der Waals surface area (Å²) in [5, 5.41) is 8.61. The number of hydrogen-bond donors (Lipinski definition) is 1. The first-order chi connectivity index (χ1) is 9.06. The van der Waals surface area contributed by atoms with Crippen LogP contribution in [-0.2, 0) is 4.79 Å². The van der Waals surface area contributed by atoms with E-state index >= 15 is 0 Å². The summed E-state index contributed by atoms with van der Waals surface area (Å²) in [6.45, 7) is 6.43. The van der Waals surface area contributed by atoms with Crippen LogP contribution in [0.3, 0.4) is 0 Å². The molecule has 2 heterocycles. The molecule has 0 unspecified atom stereocenters. The molecule has 0 amide bonds. The highest BCUT2D eigenvalue weighted by molar-refractivity contribution is 5.85. The second-order valence-electron chi connectivity index (χ2n) is 5.25. The van der Waals surface area contributed by atoms with Crippen molar-refractivity contribution in [1.82, 2.24) is 4.98 Å². The Bertz CT molecular complexity index is 489. The third-order valence-electron chi connectivity index (χ3n) is 3.57. The lowest BCUT2D eigenvalue weighted by molar-refractivity contribution is -0.131. The molecule has 0 radical (unpaired) electrons. The van der Waals surface area contributed by atoms with E-state index in [1.807, 2.05) is 13.0 Å². The molecular weight excluding hydrogens is 240 g/mol. The van der Waals surface area contributed by atoms with Crippen molar-refractivity contribution in [3.8, 4) is 0 Å². The van der Waals surface area contributed by atoms with Crippen molar-refractivity contribution >= 4 is 17.9 Å². The fourth-order valence-corrected chi connectivity index (χ4v) is 2.40. The lowest BCUT2D eigenvalue weighted by Gasteiger charge is -2.32. The normalized spacial score (nSPS) is 17.1. The molecule has 1 aliphatic heterocycles. The van der Waals surface area contributed by atoms with Gasteiger partial charge in [0.05, 0.1) is 0 Å². The van der Waals surface area contributed by atoms with Gasteiger partial charge >= 0.3 is 5.97 Å². The second kappa shape index (κ2) is 5.87. The van der Waals surface area contributed by atoms with Crippen LogP contribution in [0.1, 0.15) is 30.9 Å². The van der Waals surface area contributed by atoms with E-state index in [4.69, 9.17) is 5.11 Å². The summed E-state index contributed by atoms with van der Waals surface area (Å²) >= 11 is 0. The van der Waals surface area contributed by atoms with E-state index in [0.717, 1.165) is 42.0 Å². The Hall–Kier alpha value is -1.84. The summed E-state index contributed by atoms with van der Waals surface area (Å²) in [6.07, 6.45) is 6.87. The van der Waals surface area contributed by atoms with Crippen molar-refractivity contribution in [1.29, 1.82) is 0 Å². The Kier molecular flexibility index (Phi) is 4.20. The number of nitrogens with zero attached hydrogens (tertiary/aromatic N) is 2. The molecule has 1 aromatic heterocycles. The molecule has 1 aliphatic rings. The molecule has 1 aromatic rings. The summed E-state index contributed by atoms with van der Waals surface area (Å²) in [6, 6.07) is 1.99. The maximum absolute atomic E-state index is 10.5. The number of aromatic nitrogens is 1. The Morgan fingerprint density at radius 2 is 2.16 bits per heavy atom. The van der Waals surface area contributed by atoms with Gasteiger partial charge in [0.2, 0.25) is 0 Å². The standard InChI is InChI=1S/C15H20N2O2/c1-11-5-7-17(8-6-11)15-12(2)9-13(10-16-15)3-4-14(18)19/h3-4,9-11H,5-8H2,1-2H3,(H,18,19)/b4-3+. The van der Waals surface area contributed by atoms with Gasteiger partial charge in [0, 0.05) is 25.4 Å². The van der Waals surface area contributed by atoms with Crippen LogP contribution in [0, 0.1) is 12.8 Å². The van der Waals surface area contributed by atoms with Crippen LogP contribution < -0.4 is 4.90 Å². The summed E-state index contributed by atoms with van der Waals surface area (Å²) in [7, 11) is 0. The molecule has 1 N–H and O–H groups in total. The molecule has 19 heavy (non-hydrogen) atoms. The molecule has 0 aromatic carbocycles. The second-order valence-corrected chi connectivity index (χ2v) is 5.25. The monoisotopic (exact) mass is 260 g/mol. The number of piperidine rings is 1. The van der Waals surface area contributed by atoms with Crippen molar-refractivity contribution in [2.75, 3.05) is 18.0 Å². The van der Waals surface area contributed by atoms with Gasteiger partial charge in [-0.05, 0) is 49.0 Å². The van der Waals surface area contributed by atoms with E-state index in [-0.39, 0.29) is 0 Å². The van der Waals surface area contributed by atoms with Crippen molar-refractivity contribution in [2.45, 2.75) is 26.7 Å². The van der Waals surface area contributed by atoms with Gasteiger partial charge in [-0.3, -0.25) is 0 Å². The lowest BCUT2D eigenvalue weighted by atomic mass is 9.99. The van der Waals surface area contributed by atoms with Crippen molar-refractivity contribution in [3.05, 3.63) is 29.5 Å². The topological polar surface area (TPSA) is 53.4 Å². The third kappa shape index (κ3) is 3.56. The quantitative estimate of drug-likeness (QED) is 0.849. The zero-order valence-corrected chi connectivity index (χ0v) is 11.5. The number of carbonyl (C=O) groups is 1. The number of carboxylic acid groups (broad SMARTS) is 1. The van der Waals surface area contributed by atoms with Crippen LogP contribution in [0.4, 0.5) is 5.82 Å². The average molecular weight is 260 g/mol. The zero-order chi connectivity index (χ0) is 13.8. The molecular formula is C15H20N2O2. The maximum atomic E-state index is 10.5. The average Bonchev–Trinajstić information content (AvgIpc) is 2.38. The highest BCUT2D eigenvalue weighted by atomic mass is 16.4. The van der Waals surface area contributed by atoms with Crippen LogP contribution in [-0.4, -0.2) is 29.1 Å². The number of rotatable bonds is 3. The largest absolute Gasteiger partial charge is 0.478 e. The van der Waals surface area contributed by atoms with Gasteiger partial charge < -0.3 is 10.0 Å². The van der Waals surface area contributed by atoms with E-state index in [0.29, 0.717) is 0 Å². The van der Waals surface area contributed by atoms with Crippen molar-refractivity contribution in [3.63, 3.8) is 0 Å². The Morgan fingerprint density at radius 1 is 1.47 bits per heavy atom. The summed E-state index contributed by atoms with van der Waals surface area (Å²) < 4.78 is 0. The van der Waals surface area contributed by atoms with E-state index < -0.39 is 5.97 Å². The Labute approximate surface area is 113 Å². The minimum atomic E-state index is -0.938. The number of carboxylic acids is 1. The summed E-state index contributed by atoms with van der Waals surface area (Å²) in [5.74, 6) is 0.889. The molecule has 0 bridgehead atoms. The first-order valence-corrected chi connectivity index (χ1v) is 6.69. The van der Waals surface area contributed by atoms with Crippen LogP contribution in [0.25, 0.3) is 6.08 Å². The molecule has 0 spiro atoms. The highest BCUT2D eigenvalue weighted by Crippen LogP contribution is 2.24.